The minimum absolute atomic E-state index is 0. The van der Waals surface area contributed by atoms with Gasteiger partial charge in [0, 0.05) is 32.1 Å². The van der Waals surface area contributed by atoms with Crippen molar-refractivity contribution in [3.8, 4) is 0 Å². The van der Waals surface area contributed by atoms with Gasteiger partial charge in [0.1, 0.15) is 5.76 Å². The van der Waals surface area contributed by atoms with Crippen LogP contribution < -0.4 is 10.6 Å². The molecular weight excluding hydrogens is 493 g/mol. The van der Waals surface area contributed by atoms with Gasteiger partial charge in [0.05, 0.1) is 32.0 Å². The molecule has 2 N–H and O–H groups in total. The average Bonchev–Trinajstić information content (AvgIpc) is 3.22. The van der Waals surface area contributed by atoms with Crippen molar-refractivity contribution in [1.29, 1.82) is 0 Å². The zero-order valence-corrected chi connectivity index (χ0v) is 20.7. The molecule has 0 amide bonds. The second-order valence-corrected chi connectivity index (χ2v) is 8.25. The smallest absolute Gasteiger partial charge is 0.213 e. The Labute approximate surface area is 196 Å². The molecule has 1 aromatic heterocycles. The summed E-state index contributed by atoms with van der Waals surface area (Å²) < 4.78 is 11.4. The van der Waals surface area contributed by atoms with Crippen LogP contribution in [0.1, 0.15) is 44.0 Å². The lowest BCUT2D eigenvalue weighted by atomic mass is 9.94. The summed E-state index contributed by atoms with van der Waals surface area (Å²) in [7, 11) is 1.78. The van der Waals surface area contributed by atoms with Crippen molar-refractivity contribution in [3.05, 3.63) is 53.7 Å². The Bertz CT molecular complexity index is 782. The van der Waals surface area contributed by atoms with Crippen LogP contribution in [-0.2, 0) is 16.7 Å². The number of aromatic nitrogens is 1. The van der Waals surface area contributed by atoms with Crippen molar-refractivity contribution in [2.24, 2.45) is 4.99 Å². The molecule has 2 heterocycles. The van der Waals surface area contributed by atoms with E-state index in [0.717, 1.165) is 44.6 Å². The quantitative estimate of drug-likeness (QED) is 0.341. The van der Waals surface area contributed by atoms with E-state index in [2.05, 4.69) is 76.6 Å². The third kappa shape index (κ3) is 6.95. The van der Waals surface area contributed by atoms with Crippen molar-refractivity contribution < 1.29 is 9.15 Å². The molecule has 2 aromatic rings. The molecule has 0 radical (unpaired) electrons. The number of benzene rings is 1. The van der Waals surface area contributed by atoms with E-state index < -0.39 is 0 Å². The van der Waals surface area contributed by atoms with Crippen LogP contribution in [0.5, 0.6) is 0 Å². The number of rotatable bonds is 6. The molecule has 0 aliphatic carbocycles. The van der Waals surface area contributed by atoms with Crippen LogP contribution in [-0.4, -0.2) is 55.7 Å². The van der Waals surface area contributed by atoms with Gasteiger partial charge in [-0.05, 0) is 5.56 Å². The summed E-state index contributed by atoms with van der Waals surface area (Å²) in [6.07, 6.45) is 1.80. The standard InChI is InChI=1S/C22H33N5O2.HI/c1-22(2,3)19-15-24-20(29-19)16-26-21(23-4)25-14-18(17-8-6-5-7-9-17)27-10-12-28-13-11-27;/h5-9,15,18H,10-14,16H2,1-4H3,(H2,23,25,26);1H. The van der Waals surface area contributed by atoms with Gasteiger partial charge in [-0.2, -0.15) is 0 Å². The van der Waals surface area contributed by atoms with Gasteiger partial charge in [0.25, 0.3) is 0 Å². The first kappa shape index (κ1) is 24.6. The number of halogens is 1. The van der Waals surface area contributed by atoms with Crippen molar-refractivity contribution in [3.63, 3.8) is 0 Å². The second kappa shape index (κ2) is 11.7. The summed E-state index contributed by atoms with van der Waals surface area (Å²) in [6.45, 7) is 11.0. The summed E-state index contributed by atoms with van der Waals surface area (Å²) in [5.41, 5.74) is 1.24. The molecule has 1 unspecified atom stereocenters. The van der Waals surface area contributed by atoms with Crippen molar-refractivity contribution in [1.82, 2.24) is 20.5 Å². The normalized spacial score (nSPS) is 16.6. The predicted octanol–water partition coefficient (Wildman–Crippen LogP) is 3.33. The van der Waals surface area contributed by atoms with Gasteiger partial charge < -0.3 is 19.8 Å². The molecule has 1 saturated heterocycles. The Balaban J connectivity index is 0.00000320. The lowest BCUT2D eigenvalue weighted by Crippen LogP contribution is -2.46. The number of ether oxygens (including phenoxy) is 1. The molecule has 1 aliphatic heterocycles. The zero-order chi connectivity index (χ0) is 20.7. The Hall–Kier alpha value is -1.65. The van der Waals surface area contributed by atoms with E-state index in [-0.39, 0.29) is 35.4 Å². The maximum Gasteiger partial charge on any atom is 0.213 e. The fourth-order valence-corrected chi connectivity index (χ4v) is 3.33. The van der Waals surface area contributed by atoms with Gasteiger partial charge in [0.2, 0.25) is 5.89 Å². The predicted molar refractivity (Wildman–Crippen MR) is 130 cm³/mol. The molecule has 30 heavy (non-hydrogen) atoms. The third-order valence-corrected chi connectivity index (χ3v) is 5.06. The van der Waals surface area contributed by atoms with Gasteiger partial charge in [-0.1, -0.05) is 51.1 Å². The highest BCUT2D eigenvalue weighted by molar-refractivity contribution is 14.0. The SMILES string of the molecule is CN=C(NCc1ncc(C(C)(C)C)o1)NCC(c1ccccc1)N1CCOCC1.I. The first-order valence-electron chi connectivity index (χ1n) is 10.2. The van der Waals surface area contributed by atoms with Gasteiger partial charge in [-0.15, -0.1) is 24.0 Å². The van der Waals surface area contributed by atoms with E-state index in [9.17, 15) is 0 Å². The molecule has 1 aromatic carbocycles. The summed E-state index contributed by atoms with van der Waals surface area (Å²) in [5, 5.41) is 6.76. The lowest BCUT2D eigenvalue weighted by molar-refractivity contribution is 0.0170. The molecule has 1 atom stereocenters. The number of guanidine groups is 1. The van der Waals surface area contributed by atoms with E-state index in [1.54, 1.807) is 13.2 Å². The Morgan fingerprint density at radius 1 is 1.17 bits per heavy atom. The van der Waals surface area contributed by atoms with Crippen LogP contribution >= 0.6 is 24.0 Å². The highest BCUT2D eigenvalue weighted by atomic mass is 127. The summed E-state index contributed by atoms with van der Waals surface area (Å²) in [4.78, 5) is 11.2. The van der Waals surface area contributed by atoms with Gasteiger partial charge >= 0.3 is 0 Å². The molecule has 0 saturated carbocycles. The molecule has 7 nitrogen and oxygen atoms in total. The number of nitrogens with zero attached hydrogens (tertiary/aromatic N) is 3. The van der Waals surface area contributed by atoms with E-state index in [1.165, 1.54) is 5.56 Å². The highest BCUT2D eigenvalue weighted by Gasteiger charge is 2.23. The molecule has 166 valence electrons. The van der Waals surface area contributed by atoms with Gasteiger partial charge in [-0.3, -0.25) is 9.89 Å². The van der Waals surface area contributed by atoms with Crippen LogP contribution in [0.2, 0.25) is 0 Å². The number of morpholine rings is 1. The van der Waals surface area contributed by atoms with Gasteiger partial charge in [-0.25, -0.2) is 4.98 Å². The van der Waals surface area contributed by atoms with E-state index in [0.29, 0.717) is 12.4 Å². The Morgan fingerprint density at radius 2 is 1.87 bits per heavy atom. The Morgan fingerprint density at radius 3 is 2.47 bits per heavy atom. The molecule has 0 bridgehead atoms. The molecule has 0 spiro atoms. The largest absolute Gasteiger partial charge is 0.443 e. The minimum Gasteiger partial charge on any atom is -0.443 e. The fraction of sp³-hybridized carbons (Fsp3) is 0.545. The number of aliphatic imine (C=N–C) groups is 1. The van der Waals surface area contributed by atoms with Crippen molar-refractivity contribution >= 4 is 29.9 Å². The molecular formula is C22H34IN5O2. The monoisotopic (exact) mass is 527 g/mol. The van der Waals surface area contributed by atoms with Crippen LogP contribution in [0.3, 0.4) is 0 Å². The summed E-state index contributed by atoms with van der Waals surface area (Å²) in [5.74, 6) is 2.27. The summed E-state index contributed by atoms with van der Waals surface area (Å²) >= 11 is 0. The maximum absolute atomic E-state index is 5.85. The molecule has 3 rings (SSSR count). The average molecular weight is 527 g/mol. The van der Waals surface area contributed by atoms with Crippen LogP contribution in [0.25, 0.3) is 0 Å². The second-order valence-electron chi connectivity index (χ2n) is 8.25. The number of hydrogen-bond donors (Lipinski definition) is 2. The Kier molecular flexibility index (Phi) is 9.57. The molecule has 1 fully saturated rings. The van der Waals surface area contributed by atoms with E-state index in [4.69, 9.17) is 9.15 Å². The van der Waals surface area contributed by atoms with Crippen molar-refractivity contribution in [2.45, 2.75) is 38.8 Å². The number of nitrogens with one attached hydrogen (secondary N) is 2. The number of hydrogen-bond acceptors (Lipinski definition) is 5. The summed E-state index contributed by atoms with van der Waals surface area (Å²) in [6, 6.07) is 10.8. The molecule has 1 aliphatic rings. The van der Waals surface area contributed by atoms with Crippen molar-refractivity contribution in [2.75, 3.05) is 39.9 Å². The fourth-order valence-electron chi connectivity index (χ4n) is 3.33. The van der Waals surface area contributed by atoms with Crippen LogP contribution in [0.15, 0.2) is 45.9 Å². The zero-order valence-electron chi connectivity index (χ0n) is 18.4. The molecule has 8 heteroatoms. The van der Waals surface area contributed by atoms with Crippen LogP contribution in [0.4, 0.5) is 0 Å². The highest BCUT2D eigenvalue weighted by Crippen LogP contribution is 2.23. The first-order valence-corrected chi connectivity index (χ1v) is 10.2. The first-order chi connectivity index (χ1) is 14.0. The maximum atomic E-state index is 5.85. The minimum atomic E-state index is -0.0494. The van der Waals surface area contributed by atoms with E-state index >= 15 is 0 Å². The van der Waals surface area contributed by atoms with Crippen LogP contribution in [0, 0.1) is 0 Å². The third-order valence-electron chi connectivity index (χ3n) is 5.06. The number of oxazole rings is 1. The topological polar surface area (TPSA) is 74.9 Å². The van der Waals surface area contributed by atoms with Gasteiger partial charge in [0.15, 0.2) is 5.96 Å². The lowest BCUT2D eigenvalue weighted by Gasteiger charge is -2.35. The van der Waals surface area contributed by atoms with E-state index in [1.807, 2.05) is 0 Å².